The summed E-state index contributed by atoms with van der Waals surface area (Å²) in [6, 6.07) is 11.9. The fraction of sp³-hybridized carbons (Fsp3) is 0.278. The van der Waals surface area contributed by atoms with Crippen LogP contribution in [0.1, 0.15) is 15.9 Å². The highest BCUT2D eigenvalue weighted by Gasteiger charge is 2.24. The molecular weight excluding hydrogens is 315 g/mol. The van der Waals surface area contributed by atoms with E-state index in [-0.39, 0.29) is 11.5 Å². The normalized spacial score (nSPS) is 14.9. The van der Waals surface area contributed by atoms with Gasteiger partial charge in [-0.25, -0.2) is 4.39 Å². The van der Waals surface area contributed by atoms with E-state index in [1.165, 1.54) is 12.1 Å². The van der Waals surface area contributed by atoms with Crippen molar-refractivity contribution in [3.05, 3.63) is 64.4 Å². The molecule has 2 aromatic rings. The van der Waals surface area contributed by atoms with Gasteiger partial charge in [-0.3, -0.25) is 4.79 Å². The van der Waals surface area contributed by atoms with E-state index in [0.717, 1.165) is 11.3 Å². The Morgan fingerprint density at radius 1 is 1.09 bits per heavy atom. The summed E-state index contributed by atoms with van der Waals surface area (Å²) in [6.07, 6.45) is 0. The summed E-state index contributed by atoms with van der Waals surface area (Å²) in [5.74, 6) is -0.712. The molecule has 2 aromatic carbocycles. The first-order valence-corrected chi connectivity index (χ1v) is 7.99. The summed E-state index contributed by atoms with van der Waals surface area (Å²) < 4.78 is 13.8. The predicted octanol–water partition coefficient (Wildman–Crippen LogP) is 3.75. The van der Waals surface area contributed by atoms with Crippen LogP contribution in [-0.4, -0.2) is 37.0 Å². The van der Waals surface area contributed by atoms with Crippen molar-refractivity contribution in [3.8, 4) is 0 Å². The third-order valence-electron chi connectivity index (χ3n) is 4.18. The van der Waals surface area contributed by atoms with Gasteiger partial charge in [-0.1, -0.05) is 29.8 Å². The highest BCUT2D eigenvalue weighted by Crippen LogP contribution is 2.25. The van der Waals surface area contributed by atoms with E-state index in [2.05, 4.69) is 4.90 Å². The monoisotopic (exact) mass is 332 g/mol. The molecule has 3 rings (SSSR count). The van der Waals surface area contributed by atoms with E-state index in [1.807, 2.05) is 25.1 Å². The first-order chi connectivity index (χ1) is 11.1. The molecular formula is C18H18ClFN2O. The fourth-order valence-corrected chi connectivity index (χ4v) is 3.05. The van der Waals surface area contributed by atoms with Crippen molar-refractivity contribution in [2.24, 2.45) is 0 Å². The highest BCUT2D eigenvalue weighted by atomic mass is 35.5. The zero-order chi connectivity index (χ0) is 16.4. The lowest BCUT2D eigenvalue weighted by Crippen LogP contribution is -2.49. The number of rotatable bonds is 2. The Hall–Kier alpha value is -2.07. The second-order valence-electron chi connectivity index (χ2n) is 5.69. The van der Waals surface area contributed by atoms with Gasteiger partial charge in [0.2, 0.25) is 0 Å². The topological polar surface area (TPSA) is 23.6 Å². The molecule has 0 saturated carbocycles. The molecule has 0 unspecified atom stereocenters. The summed E-state index contributed by atoms with van der Waals surface area (Å²) in [7, 11) is 0. The minimum Gasteiger partial charge on any atom is -0.368 e. The van der Waals surface area contributed by atoms with Crippen LogP contribution in [0.15, 0.2) is 42.5 Å². The Morgan fingerprint density at radius 2 is 1.78 bits per heavy atom. The molecule has 0 bridgehead atoms. The number of anilines is 1. The number of hydrogen-bond donors (Lipinski definition) is 0. The van der Waals surface area contributed by atoms with E-state index in [4.69, 9.17) is 11.6 Å². The number of carbonyl (C=O) groups excluding carboxylic acids is 1. The average molecular weight is 333 g/mol. The van der Waals surface area contributed by atoms with Crippen LogP contribution >= 0.6 is 11.6 Å². The van der Waals surface area contributed by atoms with Gasteiger partial charge in [0.25, 0.3) is 5.91 Å². The molecule has 120 valence electrons. The summed E-state index contributed by atoms with van der Waals surface area (Å²) in [5.41, 5.74) is 2.39. The predicted molar refractivity (Wildman–Crippen MR) is 90.7 cm³/mol. The first kappa shape index (κ1) is 15.8. The number of benzene rings is 2. The van der Waals surface area contributed by atoms with Crippen molar-refractivity contribution in [1.29, 1.82) is 0 Å². The van der Waals surface area contributed by atoms with Crippen molar-refractivity contribution >= 4 is 23.2 Å². The molecule has 1 fully saturated rings. The molecule has 1 aliphatic heterocycles. The Bertz CT molecular complexity index is 727. The van der Waals surface area contributed by atoms with Gasteiger partial charge in [0.1, 0.15) is 5.82 Å². The highest BCUT2D eigenvalue weighted by molar-refractivity contribution is 6.30. The van der Waals surface area contributed by atoms with Crippen LogP contribution in [0, 0.1) is 12.7 Å². The van der Waals surface area contributed by atoms with Crippen molar-refractivity contribution in [3.63, 3.8) is 0 Å². The third-order valence-corrected chi connectivity index (χ3v) is 4.42. The smallest absolute Gasteiger partial charge is 0.256 e. The molecule has 1 heterocycles. The Labute approximate surface area is 140 Å². The van der Waals surface area contributed by atoms with Gasteiger partial charge in [0.05, 0.1) is 5.56 Å². The van der Waals surface area contributed by atoms with E-state index >= 15 is 0 Å². The van der Waals surface area contributed by atoms with E-state index in [0.29, 0.717) is 31.2 Å². The largest absolute Gasteiger partial charge is 0.368 e. The first-order valence-electron chi connectivity index (χ1n) is 7.61. The number of piperazine rings is 1. The molecule has 1 amide bonds. The molecule has 0 aliphatic carbocycles. The summed E-state index contributed by atoms with van der Waals surface area (Å²) in [6.45, 7) is 4.60. The van der Waals surface area contributed by atoms with Gasteiger partial charge in [0, 0.05) is 36.9 Å². The molecule has 23 heavy (non-hydrogen) atoms. The molecule has 0 N–H and O–H groups in total. The lowest BCUT2D eigenvalue weighted by Gasteiger charge is -2.37. The average Bonchev–Trinajstić information content (AvgIpc) is 2.57. The molecule has 3 nitrogen and oxygen atoms in total. The van der Waals surface area contributed by atoms with Gasteiger partial charge in [-0.05, 0) is 36.8 Å². The molecule has 0 radical (unpaired) electrons. The van der Waals surface area contributed by atoms with E-state index in [1.54, 1.807) is 17.0 Å². The van der Waals surface area contributed by atoms with Crippen molar-refractivity contribution in [2.75, 3.05) is 31.1 Å². The molecule has 0 spiro atoms. The van der Waals surface area contributed by atoms with Crippen LogP contribution in [0.2, 0.25) is 5.02 Å². The van der Waals surface area contributed by atoms with Gasteiger partial charge in [-0.2, -0.15) is 0 Å². The van der Waals surface area contributed by atoms with E-state index in [9.17, 15) is 9.18 Å². The Balaban J connectivity index is 1.70. The lowest BCUT2D eigenvalue weighted by molar-refractivity contribution is 0.0742. The van der Waals surface area contributed by atoms with Gasteiger partial charge in [-0.15, -0.1) is 0 Å². The van der Waals surface area contributed by atoms with Crippen LogP contribution in [0.25, 0.3) is 0 Å². The van der Waals surface area contributed by atoms with Gasteiger partial charge >= 0.3 is 0 Å². The molecule has 0 aromatic heterocycles. The minimum absolute atomic E-state index is 0.139. The number of nitrogens with zero attached hydrogens (tertiary/aromatic N) is 2. The summed E-state index contributed by atoms with van der Waals surface area (Å²) in [4.78, 5) is 16.3. The summed E-state index contributed by atoms with van der Waals surface area (Å²) >= 11 is 6.08. The number of hydrogen-bond acceptors (Lipinski definition) is 2. The third kappa shape index (κ3) is 3.32. The number of amides is 1. The van der Waals surface area contributed by atoms with Crippen molar-refractivity contribution in [2.45, 2.75) is 6.92 Å². The SMILES string of the molecule is Cc1ccc(Cl)cc1N1CCN(C(=O)c2ccccc2F)CC1. The van der Waals surface area contributed by atoms with Crippen LogP contribution in [-0.2, 0) is 0 Å². The zero-order valence-corrected chi connectivity index (χ0v) is 13.7. The second kappa shape index (κ2) is 6.59. The van der Waals surface area contributed by atoms with Crippen molar-refractivity contribution < 1.29 is 9.18 Å². The van der Waals surface area contributed by atoms with E-state index < -0.39 is 5.82 Å². The molecule has 1 aliphatic rings. The minimum atomic E-state index is -0.467. The molecule has 5 heteroatoms. The second-order valence-corrected chi connectivity index (χ2v) is 6.13. The number of halogens is 2. The number of aryl methyl sites for hydroxylation is 1. The maximum absolute atomic E-state index is 13.8. The van der Waals surface area contributed by atoms with Crippen molar-refractivity contribution in [1.82, 2.24) is 4.90 Å². The van der Waals surface area contributed by atoms with Crippen LogP contribution in [0.3, 0.4) is 0 Å². The number of carbonyl (C=O) groups is 1. The Morgan fingerprint density at radius 3 is 2.48 bits per heavy atom. The van der Waals surface area contributed by atoms with Gasteiger partial charge < -0.3 is 9.80 Å². The van der Waals surface area contributed by atoms with Gasteiger partial charge in [0.15, 0.2) is 0 Å². The van der Waals surface area contributed by atoms with Crippen LogP contribution in [0.4, 0.5) is 10.1 Å². The lowest BCUT2D eigenvalue weighted by atomic mass is 10.1. The molecule has 1 saturated heterocycles. The zero-order valence-electron chi connectivity index (χ0n) is 12.9. The standard InChI is InChI=1S/C18H18ClFN2O/c1-13-6-7-14(19)12-17(13)21-8-10-22(11-9-21)18(23)15-4-2-3-5-16(15)20/h2-7,12H,8-11H2,1H3. The quantitative estimate of drug-likeness (QED) is 0.836. The Kier molecular flexibility index (Phi) is 4.53. The fourth-order valence-electron chi connectivity index (χ4n) is 2.88. The maximum atomic E-state index is 13.8. The van der Waals surface area contributed by atoms with Crippen LogP contribution in [0.5, 0.6) is 0 Å². The summed E-state index contributed by atoms with van der Waals surface area (Å²) in [5, 5.41) is 0.704. The molecule has 0 atom stereocenters. The van der Waals surface area contributed by atoms with Crippen LogP contribution < -0.4 is 4.90 Å². The maximum Gasteiger partial charge on any atom is 0.256 e.